The molecule has 0 amide bonds. The summed E-state index contributed by atoms with van der Waals surface area (Å²) in [6, 6.07) is 6.82. The first-order valence-electron chi connectivity index (χ1n) is 7.30. The molecule has 1 N–H and O–H groups in total. The molecule has 1 aliphatic rings. The van der Waals surface area contributed by atoms with Gasteiger partial charge in [0.2, 0.25) is 0 Å². The van der Waals surface area contributed by atoms with Crippen molar-refractivity contribution in [1.29, 1.82) is 0 Å². The summed E-state index contributed by atoms with van der Waals surface area (Å²) >= 11 is 0. The van der Waals surface area contributed by atoms with Crippen LogP contribution in [0.3, 0.4) is 0 Å². The van der Waals surface area contributed by atoms with Crippen molar-refractivity contribution in [3.63, 3.8) is 0 Å². The molecule has 0 atom stereocenters. The van der Waals surface area contributed by atoms with Crippen LogP contribution in [-0.2, 0) is 6.42 Å². The second kappa shape index (κ2) is 7.52. The van der Waals surface area contributed by atoms with Gasteiger partial charge in [0.05, 0.1) is 0 Å². The molecule has 1 saturated carbocycles. The minimum atomic E-state index is -0.149. The molecule has 2 rings (SSSR count). The fourth-order valence-electron chi connectivity index (χ4n) is 2.79. The van der Waals surface area contributed by atoms with Crippen LogP contribution in [0.2, 0.25) is 0 Å². The largest absolute Gasteiger partial charge is 0.316 e. The zero-order valence-electron chi connectivity index (χ0n) is 11.1. The molecule has 1 aromatic carbocycles. The molecule has 100 valence electrons. The lowest BCUT2D eigenvalue weighted by atomic mass is 9.87. The fourth-order valence-corrected chi connectivity index (χ4v) is 2.79. The highest BCUT2D eigenvalue weighted by molar-refractivity contribution is 5.16. The van der Waals surface area contributed by atoms with E-state index in [1.54, 1.807) is 0 Å². The highest BCUT2D eigenvalue weighted by Crippen LogP contribution is 2.25. The topological polar surface area (TPSA) is 12.0 Å². The first-order valence-corrected chi connectivity index (χ1v) is 7.30. The number of benzene rings is 1. The molecule has 0 radical (unpaired) electrons. The summed E-state index contributed by atoms with van der Waals surface area (Å²) in [6.45, 7) is 2.13. The van der Waals surface area contributed by atoms with Gasteiger partial charge in [0.25, 0.3) is 0 Å². The highest BCUT2D eigenvalue weighted by atomic mass is 19.1. The van der Waals surface area contributed by atoms with Crippen LogP contribution in [0.25, 0.3) is 0 Å². The molecule has 1 nitrogen and oxygen atoms in total. The predicted octanol–water partition coefficient (Wildman–Crippen LogP) is 3.93. The van der Waals surface area contributed by atoms with Crippen molar-refractivity contribution in [2.45, 2.75) is 44.9 Å². The maximum atomic E-state index is 12.7. The minimum Gasteiger partial charge on any atom is -0.316 e. The molecule has 1 aliphatic carbocycles. The van der Waals surface area contributed by atoms with E-state index < -0.39 is 0 Å². The quantitative estimate of drug-likeness (QED) is 0.753. The lowest BCUT2D eigenvalue weighted by Crippen LogP contribution is -2.21. The van der Waals surface area contributed by atoms with E-state index in [9.17, 15) is 4.39 Å². The molecule has 0 spiro atoms. The number of rotatable bonds is 6. The number of hydrogen-bond donors (Lipinski definition) is 1. The van der Waals surface area contributed by atoms with E-state index in [1.807, 2.05) is 12.1 Å². The Bertz CT molecular complexity index is 327. The van der Waals surface area contributed by atoms with Crippen molar-refractivity contribution < 1.29 is 4.39 Å². The molecule has 2 heteroatoms. The van der Waals surface area contributed by atoms with Gasteiger partial charge < -0.3 is 5.32 Å². The van der Waals surface area contributed by atoms with Gasteiger partial charge in [0, 0.05) is 0 Å². The molecule has 1 fully saturated rings. The zero-order chi connectivity index (χ0) is 12.6. The maximum absolute atomic E-state index is 12.7. The first-order chi connectivity index (χ1) is 8.84. The summed E-state index contributed by atoms with van der Waals surface area (Å²) in [7, 11) is 0. The summed E-state index contributed by atoms with van der Waals surface area (Å²) < 4.78 is 12.7. The monoisotopic (exact) mass is 249 g/mol. The molecule has 0 unspecified atom stereocenters. The molecular formula is C16H24FN. The molecule has 0 saturated heterocycles. The average Bonchev–Trinajstić information content (AvgIpc) is 2.42. The summed E-state index contributed by atoms with van der Waals surface area (Å²) in [4.78, 5) is 0. The van der Waals surface area contributed by atoms with E-state index in [1.165, 1.54) is 56.2 Å². The van der Waals surface area contributed by atoms with Gasteiger partial charge in [-0.25, -0.2) is 4.39 Å². The van der Waals surface area contributed by atoms with Crippen LogP contribution < -0.4 is 5.32 Å². The average molecular weight is 249 g/mol. The Labute approximate surface area is 110 Å². The normalized spacial score (nSPS) is 16.9. The van der Waals surface area contributed by atoms with Crippen LogP contribution in [0.1, 0.15) is 44.1 Å². The third kappa shape index (κ3) is 4.77. The zero-order valence-corrected chi connectivity index (χ0v) is 11.1. The SMILES string of the molecule is Fc1ccc(CCNCCC2CCCCC2)cc1. The number of nitrogens with one attached hydrogen (secondary N) is 1. The van der Waals surface area contributed by atoms with Gasteiger partial charge in [-0.15, -0.1) is 0 Å². The second-order valence-corrected chi connectivity index (χ2v) is 5.42. The van der Waals surface area contributed by atoms with Gasteiger partial charge in [-0.1, -0.05) is 44.2 Å². The Balaban J connectivity index is 1.54. The van der Waals surface area contributed by atoms with Crippen molar-refractivity contribution in [1.82, 2.24) is 5.32 Å². The lowest BCUT2D eigenvalue weighted by molar-refractivity contribution is 0.334. The molecular weight excluding hydrogens is 225 g/mol. The van der Waals surface area contributed by atoms with Gasteiger partial charge in [-0.05, 0) is 49.5 Å². The highest BCUT2D eigenvalue weighted by Gasteiger charge is 2.12. The number of hydrogen-bond acceptors (Lipinski definition) is 1. The maximum Gasteiger partial charge on any atom is 0.123 e. The van der Waals surface area contributed by atoms with Crippen molar-refractivity contribution in [2.75, 3.05) is 13.1 Å². The Kier molecular flexibility index (Phi) is 5.66. The van der Waals surface area contributed by atoms with E-state index in [-0.39, 0.29) is 5.82 Å². The van der Waals surface area contributed by atoms with Gasteiger partial charge in [-0.3, -0.25) is 0 Å². The predicted molar refractivity (Wildman–Crippen MR) is 74.2 cm³/mol. The van der Waals surface area contributed by atoms with Gasteiger partial charge in [0.1, 0.15) is 5.82 Å². The molecule has 0 bridgehead atoms. The van der Waals surface area contributed by atoms with Crippen LogP contribution >= 0.6 is 0 Å². The van der Waals surface area contributed by atoms with Crippen molar-refractivity contribution in [2.24, 2.45) is 5.92 Å². The number of halogens is 1. The van der Waals surface area contributed by atoms with E-state index in [2.05, 4.69) is 5.32 Å². The molecule has 18 heavy (non-hydrogen) atoms. The van der Waals surface area contributed by atoms with Gasteiger partial charge in [0.15, 0.2) is 0 Å². The molecule has 1 aromatic rings. The fraction of sp³-hybridized carbons (Fsp3) is 0.625. The summed E-state index contributed by atoms with van der Waals surface area (Å²) in [5.74, 6) is 0.807. The third-order valence-electron chi connectivity index (χ3n) is 3.96. The standard InChI is InChI=1S/C16H24FN/c17-16-8-6-15(7-9-16)11-13-18-12-10-14-4-2-1-3-5-14/h6-9,14,18H,1-5,10-13H2. The van der Waals surface area contributed by atoms with Crippen LogP contribution in [-0.4, -0.2) is 13.1 Å². The molecule has 0 aliphatic heterocycles. The minimum absolute atomic E-state index is 0.149. The van der Waals surface area contributed by atoms with E-state index in [0.717, 1.165) is 25.4 Å². The van der Waals surface area contributed by atoms with Gasteiger partial charge in [-0.2, -0.15) is 0 Å². The van der Waals surface area contributed by atoms with Crippen molar-refractivity contribution in [3.05, 3.63) is 35.6 Å². The van der Waals surface area contributed by atoms with E-state index in [4.69, 9.17) is 0 Å². The van der Waals surface area contributed by atoms with Crippen LogP contribution in [0.5, 0.6) is 0 Å². The summed E-state index contributed by atoms with van der Waals surface area (Å²) in [5, 5.41) is 3.50. The van der Waals surface area contributed by atoms with Crippen molar-refractivity contribution >= 4 is 0 Å². The van der Waals surface area contributed by atoms with Crippen LogP contribution in [0.15, 0.2) is 24.3 Å². The Morgan fingerprint density at radius 2 is 1.72 bits per heavy atom. The Morgan fingerprint density at radius 1 is 1.00 bits per heavy atom. The van der Waals surface area contributed by atoms with Crippen LogP contribution in [0, 0.1) is 11.7 Å². The smallest absolute Gasteiger partial charge is 0.123 e. The van der Waals surface area contributed by atoms with Crippen LogP contribution in [0.4, 0.5) is 4.39 Å². The summed E-state index contributed by atoms with van der Waals surface area (Å²) in [5.41, 5.74) is 1.21. The van der Waals surface area contributed by atoms with E-state index in [0.29, 0.717) is 0 Å². The molecule has 0 heterocycles. The summed E-state index contributed by atoms with van der Waals surface area (Å²) in [6.07, 6.45) is 9.47. The Morgan fingerprint density at radius 3 is 2.44 bits per heavy atom. The van der Waals surface area contributed by atoms with E-state index >= 15 is 0 Å². The second-order valence-electron chi connectivity index (χ2n) is 5.42. The van der Waals surface area contributed by atoms with Crippen molar-refractivity contribution in [3.8, 4) is 0 Å². The van der Waals surface area contributed by atoms with Gasteiger partial charge >= 0.3 is 0 Å². The third-order valence-corrected chi connectivity index (χ3v) is 3.96. The first kappa shape index (κ1) is 13.5. The Hall–Kier alpha value is -0.890. The lowest BCUT2D eigenvalue weighted by Gasteiger charge is -2.21. The molecule has 0 aromatic heterocycles.